The van der Waals surface area contributed by atoms with Crippen LogP contribution in [-0.4, -0.2) is 25.3 Å². The Labute approximate surface area is 75.7 Å². The molecule has 2 heterocycles. The van der Waals surface area contributed by atoms with Gasteiger partial charge in [-0.3, -0.25) is 0 Å². The number of rotatable bonds is 1. The smallest absolute Gasteiger partial charge is 0.336 e. The van der Waals surface area contributed by atoms with E-state index < -0.39 is 6.10 Å². The Bertz CT molecular complexity index is 279. The summed E-state index contributed by atoms with van der Waals surface area (Å²) in [6, 6.07) is 0. The van der Waals surface area contributed by atoms with Crippen LogP contribution >= 0.6 is 0 Å². The van der Waals surface area contributed by atoms with E-state index in [1.807, 2.05) is 12.2 Å². The van der Waals surface area contributed by atoms with Crippen LogP contribution in [0.5, 0.6) is 0 Å². The number of hydrogen-bond acceptors (Lipinski definition) is 4. The van der Waals surface area contributed by atoms with Gasteiger partial charge in [-0.15, -0.1) is 0 Å². The van der Waals surface area contributed by atoms with Gasteiger partial charge in [0, 0.05) is 0 Å². The van der Waals surface area contributed by atoms with Crippen molar-refractivity contribution in [3.63, 3.8) is 0 Å². The minimum Gasteiger partial charge on any atom is -0.466 e. The predicted molar refractivity (Wildman–Crippen MR) is 43.6 cm³/mol. The third-order valence-electron chi connectivity index (χ3n) is 2.08. The van der Waals surface area contributed by atoms with Crippen LogP contribution in [0.4, 0.5) is 0 Å². The molecule has 0 aromatic heterocycles. The van der Waals surface area contributed by atoms with Crippen LogP contribution in [0.15, 0.2) is 23.8 Å². The van der Waals surface area contributed by atoms with Crippen LogP contribution in [0, 0.1) is 0 Å². The summed E-state index contributed by atoms with van der Waals surface area (Å²) in [6.07, 6.45) is 5.67. The molecule has 2 unspecified atom stereocenters. The van der Waals surface area contributed by atoms with E-state index in [0.717, 1.165) is 0 Å². The van der Waals surface area contributed by atoms with E-state index >= 15 is 0 Å². The van der Waals surface area contributed by atoms with Gasteiger partial charge in [-0.25, -0.2) is 14.6 Å². The molecule has 0 N–H and O–H groups in total. The number of hydrogen-bond donors (Lipinski definition) is 0. The van der Waals surface area contributed by atoms with Crippen molar-refractivity contribution in [2.24, 2.45) is 0 Å². The molecule has 0 saturated heterocycles. The van der Waals surface area contributed by atoms with Crippen LogP contribution in [0.1, 0.15) is 6.42 Å². The van der Waals surface area contributed by atoms with Gasteiger partial charge in [0.05, 0.1) is 12.7 Å². The molecule has 3 aliphatic rings. The molecule has 0 aromatic carbocycles. The lowest BCUT2D eigenvalue weighted by atomic mass is 10.1. The highest BCUT2D eigenvalue weighted by atomic mass is 17.2. The van der Waals surface area contributed by atoms with Crippen LogP contribution in [0.25, 0.3) is 0 Å². The van der Waals surface area contributed by atoms with E-state index in [0.29, 0.717) is 12.0 Å². The summed E-state index contributed by atoms with van der Waals surface area (Å²) in [6.45, 7) is 0. The average molecular weight is 182 g/mol. The van der Waals surface area contributed by atoms with Gasteiger partial charge < -0.3 is 4.74 Å². The van der Waals surface area contributed by atoms with Gasteiger partial charge in [-0.1, -0.05) is 12.2 Å². The topological polar surface area (TPSA) is 44.8 Å². The van der Waals surface area contributed by atoms with Crippen molar-refractivity contribution in [3.8, 4) is 0 Å². The molecule has 2 aliphatic heterocycles. The standard InChI is InChI=1S/C9H10O4/c1-11-9(10)7-4-2-6-3-5-8(7)13-12-6/h3-6,8H,2H2,1H3. The molecule has 70 valence electrons. The van der Waals surface area contributed by atoms with Crippen molar-refractivity contribution in [1.29, 1.82) is 0 Å². The van der Waals surface area contributed by atoms with E-state index in [-0.39, 0.29) is 12.1 Å². The summed E-state index contributed by atoms with van der Waals surface area (Å²) in [5, 5.41) is 0. The Hall–Kier alpha value is -1.13. The van der Waals surface area contributed by atoms with Crippen molar-refractivity contribution in [2.75, 3.05) is 7.11 Å². The number of ether oxygens (including phenoxy) is 1. The van der Waals surface area contributed by atoms with Gasteiger partial charge in [0.1, 0.15) is 12.2 Å². The summed E-state index contributed by atoms with van der Waals surface area (Å²) >= 11 is 0. The molecule has 13 heavy (non-hydrogen) atoms. The molecule has 4 nitrogen and oxygen atoms in total. The van der Waals surface area contributed by atoms with E-state index in [2.05, 4.69) is 4.74 Å². The lowest BCUT2D eigenvalue weighted by Gasteiger charge is -2.18. The van der Waals surface area contributed by atoms with Gasteiger partial charge >= 0.3 is 5.97 Å². The van der Waals surface area contributed by atoms with Crippen molar-refractivity contribution < 1.29 is 19.3 Å². The zero-order valence-electron chi connectivity index (χ0n) is 7.23. The lowest BCUT2D eigenvalue weighted by molar-refractivity contribution is -0.328. The fraction of sp³-hybridized carbons (Fsp3) is 0.444. The zero-order chi connectivity index (χ0) is 9.26. The minimum atomic E-state index is -0.411. The Morgan fingerprint density at radius 1 is 1.54 bits per heavy atom. The fourth-order valence-electron chi connectivity index (χ4n) is 1.37. The number of esters is 1. The minimum absolute atomic E-state index is 0.0709. The molecule has 3 rings (SSSR count). The normalized spacial score (nSPS) is 31.0. The van der Waals surface area contributed by atoms with Crippen molar-refractivity contribution in [2.45, 2.75) is 18.6 Å². The highest BCUT2D eigenvalue weighted by molar-refractivity contribution is 5.90. The average Bonchev–Trinajstić information content (AvgIpc) is 2.49. The highest BCUT2D eigenvalue weighted by Crippen LogP contribution is 2.24. The van der Waals surface area contributed by atoms with Crippen molar-refractivity contribution >= 4 is 5.97 Å². The summed E-state index contributed by atoms with van der Waals surface area (Å²) in [7, 11) is 1.35. The number of methoxy groups -OCH3 is 1. The quantitative estimate of drug-likeness (QED) is 0.341. The summed E-state index contributed by atoms with van der Waals surface area (Å²) in [4.78, 5) is 21.2. The molecular formula is C9H10O4. The molecule has 0 aromatic rings. The summed E-state index contributed by atoms with van der Waals surface area (Å²) in [5.74, 6) is -0.360. The molecule has 0 spiro atoms. The van der Waals surface area contributed by atoms with E-state index in [1.165, 1.54) is 7.11 Å². The Morgan fingerprint density at radius 2 is 2.38 bits per heavy atom. The van der Waals surface area contributed by atoms with Gasteiger partial charge in [-0.05, 0) is 12.5 Å². The van der Waals surface area contributed by atoms with Gasteiger partial charge in [0.15, 0.2) is 0 Å². The number of carbonyl (C=O) groups excluding carboxylic acids is 1. The molecular weight excluding hydrogens is 172 g/mol. The van der Waals surface area contributed by atoms with Gasteiger partial charge in [-0.2, -0.15) is 0 Å². The zero-order valence-corrected chi connectivity index (χ0v) is 7.23. The highest BCUT2D eigenvalue weighted by Gasteiger charge is 2.29. The third kappa shape index (κ3) is 1.50. The Morgan fingerprint density at radius 3 is 3.00 bits per heavy atom. The maximum Gasteiger partial charge on any atom is 0.336 e. The first kappa shape index (κ1) is 8.47. The van der Waals surface area contributed by atoms with Crippen LogP contribution in [0.2, 0.25) is 0 Å². The van der Waals surface area contributed by atoms with E-state index in [9.17, 15) is 4.79 Å². The first-order valence-electron chi connectivity index (χ1n) is 4.10. The van der Waals surface area contributed by atoms with Crippen LogP contribution in [0.3, 0.4) is 0 Å². The molecule has 0 amide bonds. The van der Waals surface area contributed by atoms with Crippen molar-refractivity contribution in [3.05, 3.63) is 23.8 Å². The second-order valence-corrected chi connectivity index (χ2v) is 2.92. The molecule has 0 fully saturated rings. The van der Waals surface area contributed by atoms with Crippen molar-refractivity contribution in [1.82, 2.24) is 0 Å². The second-order valence-electron chi connectivity index (χ2n) is 2.92. The molecule has 2 atom stereocenters. The molecule has 2 bridgehead atoms. The monoisotopic (exact) mass is 182 g/mol. The van der Waals surface area contributed by atoms with E-state index in [4.69, 9.17) is 9.78 Å². The Kier molecular flexibility index (Phi) is 2.16. The summed E-state index contributed by atoms with van der Waals surface area (Å²) < 4.78 is 4.62. The van der Waals surface area contributed by atoms with Crippen LogP contribution < -0.4 is 0 Å². The van der Waals surface area contributed by atoms with Gasteiger partial charge in [0.2, 0.25) is 0 Å². The first-order chi connectivity index (χ1) is 6.31. The second kappa shape index (κ2) is 3.32. The maximum absolute atomic E-state index is 11.2. The predicted octanol–water partition coefficient (Wildman–Crippen LogP) is 0.745. The third-order valence-corrected chi connectivity index (χ3v) is 2.08. The largest absolute Gasteiger partial charge is 0.466 e. The van der Waals surface area contributed by atoms with Gasteiger partial charge in [0.25, 0.3) is 0 Å². The van der Waals surface area contributed by atoms with E-state index in [1.54, 1.807) is 6.08 Å². The molecule has 0 radical (unpaired) electrons. The maximum atomic E-state index is 11.2. The fourth-order valence-corrected chi connectivity index (χ4v) is 1.37. The molecule has 0 saturated carbocycles. The molecule has 1 aliphatic carbocycles. The molecule has 4 heteroatoms. The number of fused-ring (bicyclic) bond motifs is 2. The first-order valence-corrected chi connectivity index (χ1v) is 4.10. The lowest BCUT2D eigenvalue weighted by Crippen LogP contribution is -2.23. The van der Waals surface area contributed by atoms with Crippen LogP contribution in [-0.2, 0) is 19.3 Å². The Balaban J connectivity index is 2.24. The number of carbonyl (C=O) groups is 1. The SMILES string of the molecule is COC(=O)C1=CCC2C=CC1OO2. The summed E-state index contributed by atoms with van der Waals surface area (Å²) in [5.41, 5.74) is 0.513.